The lowest BCUT2D eigenvalue weighted by Crippen LogP contribution is -1.88. The molecule has 0 unspecified atom stereocenters. The van der Waals surface area contributed by atoms with Crippen LogP contribution in [-0.2, 0) is 11.4 Å². The van der Waals surface area contributed by atoms with Crippen molar-refractivity contribution in [2.45, 2.75) is 13.5 Å². The molecule has 3 heteroatoms. The highest BCUT2D eigenvalue weighted by molar-refractivity contribution is 9.10. The van der Waals surface area contributed by atoms with Crippen LogP contribution in [0.2, 0.25) is 0 Å². The summed E-state index contributed by atoms with van der Waals surface area (Å²) in [5, 5.41) is 3.83. The summed E-state index contributed by atoms with van der Waals surface area (Å²) < 4.78 is 1.04. The quantitative estimate of drug-likeness (QED) is 0.613. The first-order valence-electron chi connectivity index (χ1n) is 5.63. The molecule has 0 atom stereocenters. The zero-order chi connectivity index (χ0) is 12.8. The van der Waals surface area contributed by atoms with Crippen LogP contribution in [0.4, 0.5) is 0 Å². The van der Waals surface area contributed by atoms with E-state index in [4.69, 9.17) is 4.84 Å². The molecule has 2 rings (SSSR count). The van der Waals surface area contributed by atoms with E-state index in [9.17, 15) is 0 Å². The summed E-state index contributed by atoms with van der Waals surface area (Å²) in [5.41, 5.74) is 3.22. The average Bonchev–Trinajstić information content (AvgIpc) is 2.37. The van der Waals surface area contributed by atoms with Gasteiger partial charge in [-0.2, -0.15) is 0 Å². The Labute approximate surface area is 115 Å². The van der Waals surface area contributed by atoms with E-state index in [2.05, 4.69) is 46.4 Å². The van der Waals surface area contributed by atoms with Crippen molar-refractivity contribution in [2.24, 2.45) is 5.16 Å². The molecular formula is C15H13BrNO. The highest BCUT2D eigenvalue weighted by Gasteiger charge is 1.93. The van der Waals surface area contributed by atoms with Crippen molar-refractivity contribution in [3.8, 4) is 0 Å². The Kier molecular flexibility index (Phi) is 4.53. The van der Waals surface area contributed by atoms with Gasteiger partial charge in [-0.05, 0) is 24.6 Å². The number of benzene rings is 2. The normalized spacial score (nSPS) is 10.8. The third-order valence-electron chi connectivity index (χ3n) is 2.40. The molecular weight excluding hydrogens is 290 g/mol. The number of nitrogens with zero attached hydrogens (tertiary/aromatic N) is 1. The minimum absolute atomic E-state index is 0.464. The Balaban J connectivity index is 1.87. The molecule has 0 spiro atoms. The standard InChI is InChI=1S/C15H13BrNO/c1-12-3-2-4-14(9-12)11-18-17-10-13-5-7-15(16)8-6-13/h2-9H,11H2,1H3. The summed E-state index contributed by atoms with van der Waals surface area (Å²) in [5.74, 6) is 0. The molecule has 2 aromatic carbocycles. The maximum Gasteiger partial charge on any atom is 0.142 e. The van der Waals surface area contributed by atoms with E-state index < -0.39 is 0 Å². The first kappa shape index (κ1) is 12.8. The number of hydrogen-bond acceptors (Lipinski definition) is 2. The zero-order valence-electron chi connectivity index (χ0n) is 10.1. The van der Waals surface area contributed by atoms with Gasteiger partial charge in [0, 0.05) is 10.0 Å². The highest BCUT2D eigenvalue weighted by Crippen LogP contribution is 2.09. The predicted molar refractivity (Wildman–Crippen MR) is 76.6 cm³/mol. The molecule has 2 nitrogen and oxygen atoms in total. The van der Waals surface area contributed by atoms with Crippen LogP contribution in [0.25, 0.3) is 0 Å². The summed E-state index contributed by atoms with van der Waals surface area (Å²) in [7, 11) is 0. The lowest BCUT2D eigenvalue weighted by atomic mass is 10.1. The fourth-order valence-corrected chi connectivity index (χ4v) is 1.78. The van der Waals surface area contributed by atoms with Gasteiger partial charge in [0.2, 0.25) is 0 Å². The summed E-state index contributed by atoms with van der Waals surface area (Å²) >= 11 is 3.37. The van der Waals surface area contributed by atoms with Gasteiger partial charge in [-0.1, -0.05) is 63.0 Å². The Hall–Kier alpha value is -1.61. The molecule has 0 saturated carbocycles. The van der Waals surface area contributed by atoms with Crippen LogP contribution in [0.3, 0.4) is 0 Å². The van der Waals surface area contributed by atoms with Gasteiger partial charge in [0.1, 0.15) is 12.8 Å². The molecule has 0 N–H and O–H groups in total. The van der Waals surface area contributed by atoms with Crippen molar-refractivity contribution in [1.29, 1.82) is 0 Å². The SMILES string of the molecule is Cc1cccc(CO/N=[C]\c2ccc(Br)cc2)c1. The van der Waals surface area contributed by atoms with Crippen molar-refractivity contribution < 1.29 is 4.84 Å². The molecule has 0 aliphatic rings. The molecule has 0 amide bonds. The minimum atomic E-state index is 0.464. The van der Waals surface area contributed by atoms with Gasteiger partial charge >= 0.3 is 0 Å². The summed E-state index contributed by atoms with van der Waals surface area (Å²) in [6.45, 7) is 2.52. The van der Waals surface area contributed by atoms with E-state index in [0.717, 1.165) is 15.6 Å². The topological polar surface area (TPSA) is 21.6 Å². The maximum absolute atomic E-state index is 5.21. The molecule has 0 saturated heterocycles. The second kappa shape index (κ2) is 6.36. The Morgan fingerprint density at radius 3 is 2.67 bits per heavy atom. The molecule has 0 aromatic heterocycles. The van der Waals surface area contributed by atoms with E-state index >= 15 is 0 Å². The van der Waals surface area contributed by atoms with Crippen LogP contribution < -0.4 is 0 Å². The van der Waals surface area contributed by atoms with Crippen molar-refractivity contribution >= 4 is 22.1 Å². The minimum Gasteiger partial charge on any atom is -0.390 e. The predicted octanol–water partition coefficient (Wildman–Crippen LogP) is 4.19. The lowest BCUT2D eigenvalue weighted by Gasteiger charge is -2.00. The highest BCUT2D eigenvalue weighted by atomic mass is 79.9. The van der Waals surface area contributed by atoms with Crippen LogP contribution in [-0.4, -0.2) is 6.21 Å². The average molecular weight is 303 g/mol. The van der Waals surface area contributed by atoms with Crippen LogP contribution >= 0.6 is 15.9 Å². The van der Waals surface area contributed by atoms with E-state index in [1.165, 1.54) is 5.56 Å². The number of hydrogen-bond donors (Lipinski definition) is 0. The first-order valence-corrected chi connectivity index (χ1v) is 6.42. The van der Waals surface area contributed by atoms with Gasteiger partial charge in [0.25, 0.3) is 0 Å². The van der Waals surface area contributed by atoms with Gasteiger partial charge in [-0.3, -0.25) is 0 Å². The molecule has 18 heavy (non-hydrogen) atoms. The van der Waals surface area contributed by atoms with Gasteiger partial charge in [0.05, 0.1) is 0 Å². The Bertz CT molecular complexity index is 534. The second-order valence-corrected chi connectivity index (χ2v) is 4.89. The summed E-state index contributed by atoms with van der Waals surface area (Å²) in [4.78, 5) is 5.21. The van der Waals surface area contributed by atoms with Gasteiger partial charge in [-0.15, -0.1) is 0 Å². The van der Waals surface area contributed by atoms with Crippen LogP contribution in [0.5, 0.6) is 0 Å². The van der Waals surface area contributed by atoms with Crippen molar-refractivity contribution in [3.05, 3.63) is 69.7 Å². The molecule has 0 bridgehead atoms. The first-order chi connectivity index (χ1) is 8.74. The second-order valence-electron chi connectivity index (χ2n) is 3.97. The Morgan fingerprint density at radius 1 is 1.17 bits per heavy atom. The number of halogens is 1. The van der Waals surface area contributed by atoms with E-state index in [-0.39, 0.29) is 0 Å². The molecule has 0 heterocycles. The summed E-state index contributed by atoms with van der Waals surface area (Å²) in [6, 6.07) is 15.9. The van der Waals surface area contributed by atoms with Gasteiger partial charge in [-0.25, -0.2) is 0 Å². The van der Waals surface area contributed by atoms with E-state index in [1.54, 1.807) is 0 Å². The molecule has 1 radical (unpaired) electrons. The third-order valence-corrected chi connectivity index (χ3v) is 2.93. The number of rotatable bonds is 4. The van der Waals surface area contributed by atoms with Crippen LogP contribution in [0.1, 0.15) is 16.7 Å². The van der Waals surface area contributed by atoms with E-state index in [1.807, 2.05) is 36.4 Å². The summed E-state index contributed by atoms with van der Waals surface area (Å²) in [6.07, 6.45) is 2.84. The fraction of sp³-hybridized carbons (Fsp3) is 0.133. The molecule has 91 valence electrons. The monoisotopic (exact) mass is 302 g/mol. The zero-order valence-corrected chi connectivity index (χ0v) is 11.6. The largest absolute Gasteiger partial charge is 0.390 e. The smallest absolute Gasteiger partial charge is 0.142 e. The molecule has 0 fully saturated rings. The van der Waals surface area contributed by atoms with Crippen molar-refractivity contribution in [2.75, 3.05) is 0 Å². The molecule has 0 aliphatic carbocycles. The molecule has 2 aromatic rings. The van der Waals surface area contributed by atoms with Crippen LogP contribution in [0.15, 0.2) is 58.2 Å². The van der Waals surface area contributed by atoms with Gasteiger partial charge < -0.3 is 4.84 Å². The van der Waals surface area contributed by atoms with Crippen molar-refractivity contribution in [1.82, 2.24) is 0 Å². The van der Waals surface area contributed by atoms with Crippen molar-refractivity contribution in [3.63, 3.8) is 0 Å². The van der Waals surface area contributed by atoms with Gasteiger partial charge in [0.15, 0.2) is 0 Å². The fourth-order valence-electron chi connectivity index (χ4n) is 1.52. The van der Waals surface area contributed by atoms with Crippen LogP contribution in [0, 0.1) is 6.92 Å². The maximum atomic E-state index is 5.21. The lowest BCUT2D eigenvalue weighted by molar-refractivity contribution is 0.132. The molecule has 0 aliphatic heterocycles. The Morgan fingerprint density at radius 2 is 1.94 bits per heavy atom. The van der Waals surface area contributed by atoms with E-state index in [0.29, 0.717) is 6.61 Å². The third kappa shape index (κ3) is 4.00. The number of aryl methyl sites for hydroxylation is 1.